The van der Waals surface area contributed by atoms with Crippen LogP contribution in [0.15, 0.2) is 109 Å². The van der Waals surface area contributed by atoms with Crippen molar-refractivity contribution < 1.29 is 0 Å². The van der Waals surface area contributed by atoms with E-state index in [1.54, 1.807) is 0 Å². The van der Waals surface area contributed by atoms with Gasteiger partial charge in [0.15, 0.2) is 0 Å². The Labute approximate surface area is 180 Å². The molecule has 0 amide bonds. The molecule has 0 atom stereocenters. The van der Waals surface area contributed by atoms with Gasteiger partial charge in [-0.3, -0.25) is 4.90 Å². The Hall–Kier alpha value is -3.16. The molecule has 4 aromatic rings. The van der Waals surface area contributed by atoms with Crippen LogP contribution in [0.25, 0.3) is 16.8 Å². The van der Waals surface area contributed by atoms with Crippen molar-refractivity contribution in [2.45, 2.75) is 19.4 Å². The molecule has 0 aliphatic heterocycles. The van der Waals surface area contributed by atoms with Gasteiger partial charge >= 0.3 is 0 Å². The zero-order valence-corrected chi connectivity index (χ0v) is 17.5. The lowest BCUT2D eigenvalue weighted by molar-refractivity contribution is 0.291. The Morgan fingerprint density at radius 1 is 0.633 bits per heavy atom. The maximum Gasteiger partial charge on any atom is 0.0237 e. The van der Waals surface area contributed by atoms with Crippen molar-refractivity contribution in [3.63, 3.8) is 0 Å². The van der Waals surface area contributed by atoms with Gasteiger partial charge in [0.2, 0.25) is 0 Å². The van der Waals surface area contributed by atoms with Crippen LogP contribution in [-0.4, -0.2) is 18.0 Å². The first kappa shape index (κ1) is 20.1. The zero-order chi connectivity index (χ0) is 20.4. The zero-order valence-electron chi connectivity index (χ0n) is 17.5. The quantitative estimate of drug-likeness (QED) is 0.297. The average molecular weight is 392 g/mol. The average Bonchev–Trinajstić information content (AvgIpc) is 2.80. The van der Waals surface area contributed by atoms with Crippen molar-refractivity contribution in [2.24, 2.45) is 0 Å². The summed E-state index contributed by atoms with van der Waals surface area (Å²) in [5.74, 6) is 0. The number of fused-ring (bicyclic) bond motifs is 1. The second-order valence-corrected chi connectivity index (χ2v) is 7.82. The summed E-state index contributed by atoms with van der Waals surface area (Å²) in [6.07, 6.45) is 6.80. The van der Waals surface area contributed by atoms with Crippen molar-refractivity contribution >= 4 is 16.8 Å². The molecule has 0 radical (unpaired) electrons. The minimum atomic E-state index is 0.955. The van der Waals surface area contributed by atoms with E-state index in [0.29, 0.717) is 0 Å². The standard InChI is InChI=1S/C29H29N/c1-3-11-25(12-4-1)15-9-21-30(22-10-16-26-13-5-2-6-14-26)24-27-19-20-28-17-7-8-18-29(28)23-27/h1-9,11-15,17-20,23H,10,16,21-22,24H2. The molecule has 30 heavy (non-hydrogen) atoms. The number of rotatable bonds is 9. The Balaban J connectivity index is 1.42. The first-order chi connectivity index (χ1) is 14.9. The van der Waals surface area contributed by atoms with E-state index in [1.807, 2.05) is 0 Å². The molecule has 0 spiro atoms. The predicted molar refractivity (Wildman–Crippen MR) is 129 cm³/mol. The number of hydrogen-bond donors (Lipinski definition) is 0. The summed E-state index contributed by atoms with van der Waals surface area (Å²) in [5.41, 5.74) is 4.05. The molecule has 0 bridgehead atoms. The van der Waals surface area contributed by atoms with Crippen molar-refractivity contribution in [3.8, 4) is 0 Å². The van der Waals surface area contributed by atoms with Crippen LogP contribution in [0.2, 0.25) is 0 Å². The summed E-state index contributed by atoms with van der Waals surface area (Å²) >= 11 is 0. The molecule has 0 aliphatic carbocycles. The van der Waals surface area contributed by atoms with Crippen LogP contribution in [0.5, 0.6) is 0 Å². The van der Waals surface area contributed by atoms with E-state index in [0.717, 1.165) is 32.5 Å². The highest BCUT2D eigenvalue weighted by Crippen LogP contribution is 2.17. The van der Waals surface area contributed by atoms with Crippen LogP contribution in [0.4, 0.5) is 0 Å². The Bertz CT molecular complexity index is 1070. The fraction of sp³-hybridized carbons (Fsp3) is 0.172. The summed E-state index contributed by atoms with van der Waals surface area (Å²) < 4.78 is 0. The molecule has 0 aromatic heterocycles. The van der Waals surface area contributed by atoms with Gasteiger partial charge in [-0.25, -0.2) is 0 Å². The van der Waals surface area contributed by atoms with Crippen molar-refractivity contribution in [1.29, 1.82) is 0 Å². The normalized spacial score (nSPS) is 11.5. The number of aryl methyl sites for hydroxylation is 1. The highest BCUT2D eigenvalue weighted by atomic mass is 15.1. The summed E-state index contributed by atoms with van der Waals surface area (Å²) in [7, 11) is 0. The summed E-state index contributed by atoms with van der Waals surface area (Å²) in [5, 5.41) is 2.62. The second-order valence-electron chi connectivity index (χ2n) is 7.82. The van der Waals surface area contributed by atoms with Crippen molar-refractivity contribution in [3.05, 3.63) is 126 Å². The smallest absolute Gasteiger partial charge is 0.0237 e. The largest absolute Gasteiger partial charge is 0.295 e. The monoisotopic (exact) mass is 391 g/mol. The fourth-order valence-corrected chi connectivity index (χ4v) is 3.88. The first-order valence-electron chi connectivity index (χ1n) is 10.8. The third kappa shape index (κ3) is 5.92. The molecule has 4 rings (SSSR count). The fourth-order valence-electron chi connectivity index (χ4n) is 3.88. The summed E-state index contributed by atoms with van der Waals surface area (Å²) in [4.78, 5) is 2.55. The minimum absolute atomic E-state index is 0.955. The van der Waals surface area contributed by atoms with Crippen LogP contribution >= 0.6 is 0 Å². The first-order valence-corrected chi connectivity index (χ1v) is 10.8. The lowest BCUT2D eigenvalue weighted by Gasteiger charge is -2.21. The molecule has 150 valence electrons. The molecular weight excluding hydrogens is 362 g/mol. The maximum atomic E-state index is 2.55. The Morgan fingerprint density at radius 2 is 1.33 bits per heavy atom. The van der Waals surface area contributed by atoms with Crippen molar-refractivity contribution in [1.82, 2.24) is 4.90 Å². The molecule has 0 aliphatic rings. The van der Waals surface area contributed by atoms with Crippen LogP contribution in [0.3, 0.4) is 0 Å². The van der Waals surface area contributed by atoms with Gasteiger partial charge < -0.3 is 0 Å². The van der Waals surface area contributed by atoms with Crippen LogP contribution in [-0.2, 0) is 13.0 Å². The van der Waals surface area contributed by atoms with E-state index in [2.05, 4.69) is 120 Å². The summed E-state index contributed by atoms with van der Waals surface area (Å²) in [6, 6.07) is 36.8. The number of nitrogens with zero attached hydrogens (tertiary/aromatic N) is 1. The second kappa shape index (κ2) is 10.6. The van der Waals surface area contributed by atoms with E-state index in [4.69, 9.17) is 0 Å². The Kier molecular flexibility index (Phi) is 7.09. The minimum Gasteiger partial charge on any atom is -0.295 e. The van der Waals surface area contributed by atoms with Gasteiger partial charge in [0.05, 0.1) is 0 Å². The highest BCUT2D eigenvalue weighted by Gasteiger charge is 2.06. The molecular formula is C29H29N. The Morgan fingerprint density at radius 3 is 2.13 bits per heavy atom. The third-order valence-electron chi connectivity index (χ3n) is 5.48. The molecule has 0 saturated carbocycles. The van der Waals surface area contributed by atoms with Gasteiger partial charge in [0.25, 0.3) is 0 Å². The van der Waals surface area contributed by atoms with Gasteiger partial charge in [-0.15, -0.1) is 0 Å². The van der Waals surface area contributed by atoms with Gasteiger partial charge in [-0.2, -0.15) is 0 Å². The van der Waals surface area contributed by atoms with Gasteiger partial charge in [0.1, 0.15) is 0 Å². The topological polar surface area (TPSA) is 3.24 Å². The van der Waals surface area contributed by atoms with E-state index in [9.17, 15) is 0 Å². The molecule has 0 fully saturated rings. The van der Waals surface area contributed by atoms with Crippen molar-refractivity contribution in [2.75, 3.05) is 13.1 Å². The van der Waals surface area contributed by atoms with Gasteiger partial charge in [0, 0.05) is 13.1 Å². The molecule has 1 heteroatoms. The molecule has 0 unspecified atom stereocenters. The van der Waals surface area contributed by atoms with E-state index in [-0.39, 0.29) is 0 Å². The SMILES string of the molecule is C(=Cc1ccccc1)CN(CCCc1ccccc1)Cc1ccc2ccccc2c1. The van der Waals surface area contributed by atoms with E-state index >= 15 is 0 Å². The van der Waals surface area contributed by atoms with Gasteiger partial charge in [-0.1, -0.05) is 109 Å². The third-order valence-corrected chi connectivity index (χ3v) is 5.48. The maximum absolute atomic E-state index is 2.55. The number of hydrogen-bond acceptors (Lipinski definition) is 1. The molecule has 0 N–H and O–H groups in total. The highest BCUT2D eigenvalue weighted by molar-refractivity contribution is 5.82. The van der Waals surface area contributed by atoms with E-state index < -0.39 is 0 Å². The van der Waals surface area contributed by atoms with Crippen LogP contribution in [0.1, 0.15) is 23.1 Å². The van der Waals surface area contributed by atoms with E-state index in [1.165, 1.54) is 27.5 Å². The number of benzene rings is 4. The van der Waals surface area contributed by atoms with Crippen LogP contribution in [0, 0.1) is 0 Å². The molecule has 0 saturated heterocycles. The molecule has 4 aromatic carbocycles. The summed E-state index contributed by atoms with van der Waals surface area (Å²) in [6.45, 7) is 3.01. The molecule has 0 heterocycles. The lowest BCUT2D eigenvalue weighted by atomic mass is 10.1. The molecule has 1 nitrogen and oxygen atoms in total. The van der Waals surface area contributed by atoms with Gasteiger partial charge in [-0.05, 0) is 52.9 Å². The van der Waals surface area contributed by atoms with Crippen LogP contribution < -0.4 is 0 Å². The lowest BCUT2D eigenvalue weighted by Crippen LogP contribution is -2.25. The predicted octanol–water partition coefficient (Wildman–Crippen LogP) is 6.99.